The van der Waals surface area contributed by atoms with E-state index in [-0.39, 0.29) is 17.9 Å². The minimum Gasteiger partial charge on any atom is -0.522 e. The van der Waals surface area contributed by atoms with E-state index in [9.17, 15) is 9.59 Å². The summed E-state index contributed by atoms with van der Waals surface area (Å²) in [5.41, 5.74) is 4.30. The van der Waals surface area contributed by atoms with Gasteiger partial charge in [0.25, 0.3) is 5.91 Å². The van der Waals surface area contributed by atoms with Gasteiger partial charge in [0.05, 0.1) is 25.0 Å². The summed E-state index contributed by atoms with van der Waals surface area (Å²) in [7, 11) is 9.69. The average Bonchev–Trinajstić information content (AvgIpc) is 3.94. The van der Waals surface area contributed by atoms with E-state index in [1.165, 1.54) is 18.7 Å². The normalized spacial score (nSPS) is 21.8. The number of amides is 1. The summed E-state index contributed by atoms with van der Waals surface area (Å²) in [5, 5.41) is 7.13. The number of likely N-dealkylation sites (tertiary alicyclic amines) is 1. The van der Waals surface area contributed by atoms with Gasteiger partial charge in [-0.2, -0.15) is 0 Å². The number of morpholine rings is 1. The fourth-order valence-electron chi connectivity index (χ4n) is 9.60. The van der Waals surface area contributed by atoms with Crippen molar-refractivity contribution in [2.75, 3.05) is 74.7 Å². The van der Waals surface area contributed by atoms with Crippen LogP contribution in [0, 0.1) is 17.9 Å². The zero-order chi connectivity index (χ0) is 39.8. The molecule has 0 bridgehead atoms. The first-order valence-electron chi connectivity index (χ1n) is 20.2. The molecule has 3 fully saturated rings. The van der Waals surface area contributed by atoms with E-state index < -0.39 is 29.2 Å². The van der Waals surface area contributed by atoms with Gasteiger partial charge in [0.1, 0.15) is 11.9 Å². The van der Waals surface area contributed by atoms with E-state index in [4.69, 9.17) is 14.5 Å². The number of esters is 1. The Kier molecular flexibility index (Phi) is 11.6. The minimum absolute atomic E-state index is 0. The second-order valence-electron chi connectivity index (χ2n) is 16.6. The fourth-order valence-corrected chi connectivity index (χ4v) is 9.60. The van der Waals surface area contributed by atoms with Gasteiger partial charge in [-0.3, -0.25) is 9.78 Å². The molecule has 1 N–H and O–H groups in total. The van der Waals surface area contributed by atoms with E-state index in [0.29, 0.717) is 38.8 Å². The van der Waals surface area contributed by atoms with Gasteiger partial charge in [-0.1, -0.05) is 61.2 Å². The summed E-state index contributed by atoms with van der Waals surface area (Å²) in [6.07, 6.45) is 6.28. The monoisotopic (exact) mass is 1030 g/mol. The van der Waals surface area contributed by atoms with Crippen molar-refractivity contribution in [1.82, 2.24) is 29.9 Å². The Balaban J connectivity index is 0.00000512. The first-order chi connectivity index (χ1) is 27.6. The Bertz CT molecular complexity index is 2230. The smallest absolute Gasteiger partial charge is 0.328 e. The number of allylic oxidation sites excluding steroid dienone is 3. The Hall–Kier alpha value is -5.68. The van der Waals surface area contributed by atoms with Crippen molar-refractivity contribution in [2.45, 2.75) is 44.3 Å². The number of pyridine rings is 1. The quantitative estimate of drug-likeness (QED) is 0.137. The summed E-state index contributed by atoms with van der Waals surface area (Å²) in [6.45, 7) is 6.82. The van der Waals surface area contributed by atoms with Crippen molar-refractivity contribution in [1.29, 1.82) is 0 Å². The molecular weight excluding hydrogens is 977 g/mol. The molecule has 3 aromatic carbocycles. The molecule has 0 spiro atoms. The molecule has 2 aliphatic carbocycles. The third-order valence-electron chi connectivity index (χ3n) is 12.6. The minimum atomic E-state index is -1.04. The van der Waals surface area contributed by atoms with Gasteiger partial charge in [-0.15, -0.1) is 0 Å². The van der Waals surface area contributed by atoms with Crippen LogP contribution in [0.4, 0.5) is 4.39 Å². The summed E-state index contributed by atoms with van der Waals surface area (Å²) < 4.78 is 27.5. The van der Waals surface area contributed by atoms with Gasteiger partial charge in [-0.05, 0) is 106 Å². The maximum absolute atomic E-state index is 16.6. The Morgan fingerprint density at radius 3 is 2.40 bits per heavy atom. The molecule has 2 unspecified atom stereocenters. The molecule has 12 heteroatoms. The van der Waals surface area contributed by atoms with Crippen LogP contribution >= 0.6 is 0 Å². The third kappa shape index (κ3) is 7.67. The zero-order valence-corrected chi connectivity index (χ0v) is 36.5. The van der Waals surface area contributed by atoms with Gasteiger partial charge < -0.3 is 34.4 Å². The first-order valence-corrected chi connectivity index (χ1v) is 20.2. The Morgan fingerprint density at radius 2 is 1.69 bits per heavy atom. The summed E-state index contributed by atoms with van der Waals surface area (Å²) in [4.78, 5) is 41.9. The molecule has 3 atom stereocenters. The summed E-state index contributed by atoms with van der Waals surface area (Å²) in [5.74, 6) is -1.67. The van der Waals surface area contributed by atoms with Crippen LogP contribution in [0.15, 0.2) is 90.0 Å². The molecule has 4 aromatic rings. The Labute approximate surface area is 335 Å². The number of carbonyl (C=O) groups is 2. The first kappa shape index (κ1) is 40.5. The molecule has 312 valence electrons. The van der Waals surface area contributed by atoms with Crippen molar-refractivity contribution in [3.05, 3.63) is 108 Å². The molecule has 58 heavy (non-hydrogen) atoms. The summed E-state index contributed by atoms with van der Waals surface area (Å²) in [6, 6.07) is 20.0. The molecule has 2 aliphatic heterocycles. The van der Waals surface area contributed by atoms with Crippen molar-refractivity contribution in [2.24, 2.45) is 11.3 Å². The van der Waals surface area contributed by atoms with Gasteiger partial charge in [0.15, 0.2) is 0 Å². The van der Waals surface area contributed by atoms with Crippen LogP contribution < -0.4 is 5.32 Å². The summed E-state index contributed by atoms with van der Waals surface area (Å²) >= 11 is 0. The van der Waals surface area contributed by atoms with Crippen LogP contribution in [-0.2, 0) is 32.0 Å². The molecule has 1 aromatic heterocycles. The number of fused-ring (bicyclic) bond motifs is 3. The molecule has 10 nitrogen and oxygen atoms in total. The van der Waals surface area contributed by atoms with Crippen molar-refractivity contribution in [3.8, 4) is 11.3 Å². The number of nitrogens with one attached hydrogen (secondary N) is 1. The SMILES string of the molecule is COC(=O)[C@H](Cc1cccc2c(-c3nccc4c(CN(C)C)cccc34)cccc12)NC(=O)C1=C(F)C=C(N2[CH-]COCC2)C2CC12CN1CCC(N(C)C)CC1.[Fm]. The van der Waals surface area contributed by atoms with E-state index in [2.05, 4.69) is 89.5 Å². The van der Waals surface area contributed by atoms with Gasteiger partial charge in [0, 0.05) is 60.6 Å². The maximum atomic E-state index is 16.6. The van der Waals surface area contributed by atoms with E-state index >= 15 is 4.39 Å². The Morgan fingerprint density at radius 1 is 0.983 bits per heavy atom. The number of piperidine rings is 1. The molecule has 3 heterocycles. The number of hydrogen-bond donors (Lipinski definition) is 1. The second-order valence-corrected chi connectivity index (χ2v) is 16.6. The van der Waals surface area contributed by atoms with Crippen molar-refractivity contribution >= 4 is 33.4 Å². The van der Waals surface area contributed by atoms with Gasteiger partial charge in [-0.25, -0.2) is 15.7 Å². The van der Waals surface area contributed by atoms with Crippen molar-refractivity contribution < 1.29 is 23.5 Å². The van der Waals surface area contributed by atoms with E-state index in [0.717, 1.165) is 76.5 Å². The second kappa shape index (κ2) is 16.7. The number of carbonyl (C=O) groups excluding carboxylic acids is 2. The molecular formula is C46H54FFmN6O4-. The molecule has 0 radical (unpaired) electrons. The van der Waals surface area contributed by atoms with Crippen LogP contribution in [0.2, 0.25) is 0 Å². The molecule has 4 aliphatic rings. The number of ether oxygens (including phenoxy) is 2. The number of benzene rings is 3. The van der Waals surface area contributed by atoms with Crippen LogP contribution in [0.25, 0.3) is 32.8 Å². The van der Waals surface area contributed by atoms with Crippen LogP contribution in [0.3, 0.4) is 0 Å². The van der Waals surface area contributed by atoms with Gasteiger partial charge in [0.2, 0.25) is 0 Å². The van der Waals surface area contributed by atoms with E-state index in [1.807, 2.05) is 37.0 Å². The third-order valence-corrected chi connectivity index (χ3v) is 12.6. The predicted molar refractivity (Wildman–Crippen MR) is 221 cm³/mol. The van der Waals surface area contributed by atoms with E-state index in [1.54, 1.807) is 0 Å². The van der Waals surface area contributed by atoms with Gasteiger partial charge >= 0.3 is 5.97 Å². The predicted octanol–water partition coefficient (Wildman–Crippen LogP) is 5.96. The van der Waals surface area contributed by atoms with Crippen LogP contribution in [0.1, 0.15) is 30.4 Å². The number of halogens is 1. The maximum Gasteiger partial charge on any atom is 0.328 e. The zero-order valence-electron chi connectivity index (χ0n) is 34.1. The fraction of sp³-hybridized carbons (Fsp3) is 0.435. The van der Waals surface area contributed by atoms with Crippen LogP contribution in [0.5, 0.6) is 0 Å². The molecule has 1 amide bonds. The molecule has 8 rings (SSSR count). The largest absolute Gasteiger partial charge is 0.522 e. The topological polar surface area (TPSA) is 90.5 Å². The van der Waals surface area contributed by atoms with Crippen LogP contribution in [-0.4, -0.2) is 123 Å². The molecule has 1 saturated carbocycles. The number of hydrogen-bond acceptors (Lipinski definition) is 9. The molecule has 2 saturated heterocycles. The number of rotatable bonds is 12. The number of aromatic nitrogens is 1. The van der Waals surface area contributed by atoms with Crippen molar-refractivity contribution in [3.63, 3.8) is 0 Å². The average molecular weight is 1030 g/mol. The number of nitrogens with zero attached hydrogens (tertiary/aromatic N) is 5. The number of methoxy groups -OCH3 is 1. The standard InChI is InChI=1S/C46H54FN6O4.Fm/c1-50(2)28-31-10-7-13-36-34(31)15-18-48-43(36)37-14-8-11-33-30(9-6-12-35(33)37)25-40(45(55)56-5)49-44(54)42-39(47)26-41(53-21-23-57-24-22-53)38-27-46(38,42)29-52-19-16-32(17-20-52)51(3)4;/h6-15,18,21,26,32,38,40H,16-17,19-20,22-25,27-29H2,1-5H3,(H,49,54);/q-1;/t38?,40-,46?;/m0./s1.